The highest BCUT2D eigenvalue weighted by molar-refractivity contribution is 5.74. The molecule has 0 heterocycles. The van der Waals surface area contributed by atoms with Crippen LogP contribution < -0.4 is 15.4 Å². The normalized spacial score (nSPS) is 21.2. The summed E-state index contributed by atoms with van der Waals surface area (Å²) in [5, 5.41) is 5.76. The Kier molecular flexibility index (Phi) is 6.34. The highest BCUT2D eigenvalue weighted by atomic mass is 19.4. The Hall–Kier alpha value is -1.92. The third kappa shape index (κ3) is 6.29. The standard InChI is InChI=1S/C17H23F3N2O2/c1-12-4-2-3-5-15(12)22-16(23)21-10-13-6-8-14(9-7-13)24-11-17(18,19)20/h6-9,12,15H,2-5,10-11H2,1H3,(H2,21,22,23)/t12-,15+/m0/s1. The van der Waals surface area contributed by atoms with Crippen LogP contribution in [0.3, 0.4) is 0 Å². The van der Waals surface area contributed by atoms with Gasteiger partial charge in [0, 0.05) is 12.6 Å². The molecule has 0 aromatic heterocycles. The maximum Gasteiger partial charge on any atom is 0.422 e. The molecule has 1 fully saturated rings. The van der Waals surface area contributed by atoms with Crippen LogP contribution in [-0.2, 0) is 6.54 Å². The molecule has 134 valence electrons. The van der Waals surface area contributed by atoms with E-state index in [1.54, 1.807) is 12.1 Å². The fourth-order valence-electron chi connectivity index (χ4n) is 2.80. The topological polar surface area (TPSA) is 50.4 Å². The number of carbonyl (C=O) groups excluding carboxylic acids is 1. The predicted octanol–water partition coefficient (Wildman–Crippen LogP) is 4.01. The van der Waals surface area contributed by atoms with Crippen molar-refractivity contribution in [2.45, 2.75) is 51.4 Å². The van der Waals surface area contributed by atoms with E-state index in [-0.39, 0.29) is 17.8 Å². The molecule has 1 saturated carbocycles. The lowest BCUT2D eigenvalue weighted by Crippen LogP contribution is -2.45. The van der Waals surface area contributed by atoms with Gasteiger partial charge in [-0.25, -0.2) is 4.79 Å². The summed E-state index contributed by atoms with van der Waals surface area (Å²) in [6.45, 7) is 1.14. The van der Waals surface area contributed by atoms with Gasteiger partial charge in [-0.1, -0.05) is 31.9 Å². The van der Waals surface area contributed by atoms with Gasteiger partial charge in [-0.15, -0.1) is 0 Å². The first-order chi connectivity index (χ1) is 11.3. The Balaban J connectivity index is 1.74. The van der Waals surface area contributed by atoms with Crippen LogP contribution in [0.25, 0.3) is 0 Å². The molecule has 0 bridgehead atoms. The van der Waals surface area contributed by atoms with Gasteiger partial charge < -0.3 is 15.4 Å². The van der Waals surface area contributed by atoms with Crippen molar-refractivity contribution < 1.29 is 22.7 Å². The number of benzene rings is 1. The van der Waals surface area contributed by atoms with Crippen LogP contribution in [-0.4, -0.2) is 24.9 Å². The second-order valence-corrected chi connectivity index (χ2v) is 6.24. The number of hydrogen-bond acceptors (Lipinski definition) is 2. The minimum atomic E-state index is -4.35. The molecule has 2 amide bonds. The molecule has 0 spiro atoms. The minimum absolute atomic E-state index is 0.150. The van der Waals surface area contributed by atoms with Crippen LogP contribution in [0.1, 0.15) is 38.2 Å². The van der Waals surface area contributed by atoms with Gasteiger partial charge in [0.1, 0.15) is 5.75 Å². The van der Waals surface area contributed by atoms with Gasteiger partial charge in [0.05, 0.1) is 0 Å². The van der Waals surface area contributed by atoms with E-state index in [1.807, 2.05) is 0 Å². The van der Waals surface area contributed by atoms with Crippen molar-refractivity contribution >= 4 is 6.03 Å². The molecular weight excluding hydrogens is 321 g/mol. The van der Waals surface area contributed by atoms with E-state index in [2.05, 4.69) is 22.3 Å². The first-order valence-electron chi connectivity index (χ1n) is 8.16. The number of halogens is 3. The van der Waals surface area contributed by atoms with Gasteiger partial charge in [0.2, 0.25) is 0 Å². The molecule has 0 aliphatic heterocycles. The highest BCUT2D eigenvalue weighted by Gasteiger charge is 2.28. The number of rotatable bonds is 5. The summed E-state index contributed by atoms with van der Waals surface area (Å²) < 4.78 is 40.9. The number of nitrogens with one attached hydrogen (secondary N) is 2. The molecule has 1 aromatic rings. The first-order valence-corrected chi connectivity index (χ1v) is 8.16. The summed E-state index contributed by atoms with van der Waals surface area (Å²) >= 11 is 0. The minimum Gasteiger partial charge on any atom is -0.484 e. The number of alkyl halides is 3. The maximum atomic E-state index is 12.1. The van der Waals surface area contributed by atoms with E-state index in [0.717, 1.165) is 24.8 Å². The van der Waals surface area contributed by atoms with Crippen LogP contribution in [0.2, 0.25) is 0 Å². The number of urea groups is 1. The number of amides is 2. The van der Waals surface area contributed by atoms with Gasteiger partial charge >= 0.3 is 12.2 Å². The van der Waals surface area contributed by atoms with E-state index in [0.29, 0.717) is 12.5 Å². The number of ether oxygens (including phenoxy) is 1. The molecule has 2 rings (SSSR count). The van der Waals surface area contributed by atoms with E-state index < -0.39 is 12.8 Å². The summed E-state index contributed by atoms with van der Waals surface area (Å²) in [5.41, 5.74) is 0.793. The molecule has 0 unspecified atom stereocenters. The SMILES string of the molecule is C[C@H]1CCCC[C@H]1NC(=O)NCc1ccc(OCC(F)(F)F)cc1. The Morgan fingerprint density at radius 3 is 2.50 bits per heavy atom. The Morgan fingerprint density at radius 1 is 1.21 bits per heavy atom. The second kappa shape index (κ2) is 8.26. The van der Waals surface area contributed by atoms with Crippen molar-refractivity contribution in [3.8, 4) is 5.75 Å². The van der Waals surface area contributed by atoms with Crippen LogP contribution in [0.5, 0.6) is 5.75 Å². The molecule has 4 nitrogen and oxygen atoms in total. The number of hydrogen-bond donors (Lipinski definition) is 2. The number of carbonyl (C=O) groups is 1. The van der Waals surface area contributed by atoms with Gasteiger partial charge in [-0.2, -0.15) is 13.2 Å². The molecule has 2 N–H and O–H groups in total. The summed E-state index contributed by atoms with van der Waals surface area (Å²) in [7, 11) is 0. The van der Waals surface area contributed by atoms with Crippen molar-refractivity contribution in [3.63, 3.8) is 0 Å². The third-order valence-electron chi connectivity index (χ3n) is 4.21. The molecule has 1 aliphatic rings. The van der Waals surface area contributed by atoms with E-state index >= 15 is 0 Å². The van der Waals surface area contributed by atoms with Crippen LogP contribution in [0.15, 0.2) is 24.3 Å². The zero-order chi connectivity index (χ0) is 17.6. The van der Waals surface area contributed by atoms with E-state index in [1.165, 1.54) is 18.6 Å². The lowest BCUT2D eigenvalue weighted by atomic mass is 9.86. The Labute approximate surface area is 139 Å². The van der Waals surface area contributed by atoms with Crippen molar-refractivity contribution in [2.24, 2.45) is 5.92 Å². The quantitative estimate of drug-likeness (QED) is 0.848. The van der Waals surface area contributed by atoms with Gasteiger partial charge in [0.25, 0.3) is 0 Å². The van der Waals surface area contributed by atoms with Crippen molar-refractivity contribution in [3.05, 3.63) is 29.8 Å². The van der Waals surface area contributed by atoms with Gasteiger partial charge in [-0.3, -0.25) is 0 Å². The maximum absolute atomic E-state index is 12.1. The second-order valence-electron chi connectivity index (χ2n) is 6.24. The van der Waals surface area contributed by atoms with Crippen LogP contribution in [0.4, 0.5) is 18.0 Å². The average Bonchev–Trinajstić information content (AvgIpc) is 2.53. The largest absolute Gasteiger partial charge is 0.484 e. The summed E-state index contributed by atoms with van der Waals surface area (Å²) in [6, 6.07) is 6.18. The van der Waals surface area contributed by atoms with Crippen molar-refractivity contribution in [2.75, 3.05) is 6.61 Å². The van der Waals surface area contributed by atoms with Crippen molar-refractivity contribution in [1.82, 2.24) is 10.6 Å². The van der Waals surface area contributed by atoms with Crippen LogP contribution in [0, 0.1) is 5.92 Å². The predicted molar refractivity (Wildman–Crippen MR) is 84.8 cm³/mol. The lowest BCUT2D eigenvalue weighted by Gasteiger charge is -2.29. The smallest absolute Gasteiger partial charge is 0.422 e. The van der Waals surface area contributed by atoms with Crippen molar-refractivity contribution in [1.29, 1.82) is 0 Å². The monoisotopic (exact) mass is 344 g/mol. The Morgan fingerprint density at radius 2 is 1.88 bits per heavy atom. The molecular formula is C17H23F3N2O2. The molecule has 2 atom stereocenters. The molecule has 0 radical (unpaired) electrons. The molecule has 24 heavy (non-hydrogen) atoms. The third-order valence-corrected chi connectivity index (χ3v) is 4.21. The lowest BCUT2D eigenvalue weighted by molar-refractivity contribution is -0.153. The Bertz CT molecular complexity index is 532. The first kappa shape index (κ1) is 18.4. The van der Waals surface area contributed by atoms with Crippen LogP contribution >= 0.6 is 0 Å². The summed E-state index contributed by atoms with van der Waals surface area (Å²) in [6.07, 6.45) is 0.122. The van der Waals surface area contributed by atoms with E-state index in [9.17, 15) is 18.0 Å². The fraction of sp³-hybridized carbons (Fsp3) is 0.588. The van der Waals surface area contributed by atoms with E-state index in [4.69, 9.17) is 0 Å². The van der Waals surface area contributed by atoms with Gasteiger partial charge in [-0.05, 0) is 36.5 Å². The van der Waals surface area contributed by atoms with Gasteiger partial charge in [0.15, 0.2) is 6.61 Å². The fourth-order valence-corrected chi connectivity index (χ4v) is 2.80. The molecule has 7 heteroatoms. The average molecular weight is 344 g/mol. The highest BCUT2D eigenvalue weighted by Crippen LogP contribution is 2.23. The summed E-state index contributed by atoms with van der Waals surface area (Å²) in [5.74, 6) is 0.631. The molecule has 0 saturated heterocycles. The zero-order valence-electron chi connectivity index (χ0n) is 13.7. The zero-order valence-corrected chi connectivity index (χ0v) is 13.7. The molecule has 1 aliphatic carbocycles. The molecule has 1 aromatic carbocycles. The summed E-state index contributed by atoms with van der Waals surface area (Å²) in [4.78, 5) is 11.9.